The summed E-state index contributed by atoms with van der Waals surface area (Å²) in [7, 11) is 0. The van der Waals surface area contributed by atoms with Crippen LogP contribution in [0.15, 0.2) is 43.1 Å². The summed E-state index contributed by atoms with van der Waals surface area (Å²) in [5.41, 5.74) is 0.979. The molecular formula is C15H15Cl2N3O2. The van der Waals surface area contributed by atoms with Crippen LogP contribution in [-0.4, -0.2) is 45.4 Å². The van der Waals surface area contributed by atoms with E-state index in [2.05, 4.69) is 11.7 Å². The quantitative estimate of drug-likeness (QED) is 0.823. The molecule has 1 amide bonds. The minimum absolute atomic E-state index is 0.118. The molecule has 0 unspecified atom stereocenters. The van der Waals surface area contributed by atoms with Crippen molar-refractivity contribution < 1.29 is 9.90 Å². The maximum Gasteiger partial charge on any atom is 0.274 e. The highest BCUT2D eigenvalue weighted by Crippen LogP contribution is 2.24. The Kier molecular flexibility index (Phi) is 5.60. The SMILES string of the molecule is C=CCN(CCO)C(=O)c1ccn(-c2ccc(Cl)c(Cl)c2)n1. The second-order valence-corrected chi connectivity index (χ2v) is 5.32. The molecule has 0 saturated heterocycles. The number of benzene rings is 1. The Morgan fingerprint density at radius 1 is 1.36 bits per heavy atom. The van der Waals surface area contributed by atoms with Crippen molar-refractivity contribution in [2.24, 2.45) is 0 Å². The van der Waals surface area contributed by atoms with Gasteiger partial charge in [0.2, 0.25) is 0 Å². The fourth-order valence-corrected chi connectivity index (χ4v) is 2.22. The van der Waals surface area contributed by atoms with Gasteiger partial charge in [-0.25, -0.2) is 4.68 Å². The minimum atomic E-state index is -0.271. The molecule has 0 saturated carbocycles. The van der Waals surface area contributed by atoms with Crippen LogP contribution < -0.4 is 0 Å². The van der Waals surface area contributed by atoms with Gasteiger partial charge in [-0.05, 0) is 24.3 Å². The van der Waals surface area contributed by atoms with Crippen LogP contribution in [0.2, 0.25) is 10.0 Å². The van der Waals surface area contributed by atoms with Gasteiger partial charge in [-0.3, -0.25) is 4.79 Å². The third-order valence-corrected chi connectivity index (χ3v) is 3.72. The van der Waals surface area contributed by atoms with Crippen molar-refractivity contribution in [3.63, 3.8) is 0 Å². The highest BCUT2D eigenvalue weighted by atomic mass is 35.5. The Morgan fingerprint density at radius 2 is 2.14 bits per heavy atom. The smallest absolute Gasteiger partial charge is 0.274 e. The molecule has 0 aliphatic rings. The normalized spacial score (nSPS) is 10.5. The summed E-state index contributed by atoms with van der Waals surface area (Å²) in [6.07, 6.45) is 3.27. The van der Waals surface area contributed by atoms with Gasteiger partial charge < -0.3 is 10.0 Å². The van der Waals surface area contributed by atoms with Crippen molar-refractivity contribution in [2.45, 2.75) is 0 Å². The number of carbonyl (C=O) groups excluding carboxylic acids is 1. The molecule has 5 nitrogen and oxygen atoms in total. The molecule has 1 N–H and O–H groups in total. The van der Waals surface area contributed by atoms with Crippen molar-refractivity contribution in [3.05, 3.63) is 58.9 Å². The van der Waals surface area contributed by atoms with Crippen LogP contribution in [0.25, 0.3) is 5.69 Å². The van der Waals surface area contributed by atoms with Crippen molar-refractivity contribution in [2.75, 3.05) is 19.7 Å². The molecule has 1 heterocycles. The van der Waals surface area contributed by atoms with Crippen LogP contribution in [0.1, 0.15) is 10.5 Å². The second kappa shape index (κ2) is 7.45. The lowest BCUT2D eigenvalue weighted by Gasteiger charge is -2.18. The van der Waals surface area contributed by atoms with Crippen LogP contribution >= 0.6 is 23.2 Å². The van der Waals surface area contributed by atoms with E-state index in [0.717, 1.165) is 0 Å². The van der Waals surface area contributed by atoms with Crippen LogP contribution in [0.3, 0.4) is 0 Å². The fraction of sp³-hybridized carbons (Fsp3) is 0.200. The van der Waals surface area contributed by atoms with Gasteiger partial charge in [-0.1, -0.05) is 29.3 Å². The van der Waals surface area contributed by atoms with Crippen molar-refractivity contribution in [1.82, 2.24) is 14.7 Å². The van der Waals surface area contributed by atoms with E-state index in [4.69, 9.17) is 28.3 Å². The highest BCUT2D eigenvalue weighted by molar-refractivity contribution is 6.42. The first-order chi connectivity index (χ1) is 10.6. The maximum absolute atomic E-state index is 12.3. The third-order valence-electron chi connectivity index (χ3n) is 2.98. The van der Waals surface area contributed by atoms with E-state index in [-0.39, 0.29) is 24.8 Å². The summed E-state index contributed by atoms with van der Waals surface area (Å²) in [5, 5.41) is 14.1. The number of aliphatic hydroxyl groups is 1. The summed E-state index contributed by atoms with van der Waals surface area (Å²) in [4.78, 5) is 13.8. The number of amides is 1. The number of aliphatic hydroxyl groups excluding tert-OH is 1. The summed E-state index contributed by atoms with van der Waals surface area (Å²) < 4.78 is 1.54. The molecule has 0 atom stereocenters. The number of aromatic nitrogens is 2. The molecule has 116 valence electrons. The lowest BCUT2D eigenvalue weighted by molar-refractivity contribution is 0.0736. The van der Waals surface area contributed by atoms with E-state index in [9.17, 15) is 4.79 Å². The number of halogens is 2. The van der Waals surface area contributed by atoms with Crippen LogP contribution in [0.5, 0.6) is 0 Å². The molecule has 0 bridgehead atoms. The van der Waals surface area contributed by atoms with E-state index in [1.165, 1.54) is 4.90 Å². The van der Waals surface area contributed by atoms with Crippen molar-refractivity contribution >= 4 is 29.1 Å². The summed E-state index contributed by atoms with van der Waals surface area (Å²) in [5.74, 6) is -0.271. The zero-order valence-corrected chi connectivity index (χ0v) is 13.3. The zero-order chi connectivity index (χ0) is 16.1. The minimum Gasteiger partial charge on any atom is -0.395 e. The second-order valence-electron chi connectivity index (χ2n) is 4.51. The molecule has 0 fully saturated rings. The lowest BCUT2D eigenvalue weighted by atomic mass is 10.3. The Hall–Kier alpha value is -1.82. The first-order valence-corrected chi connectivity index (χ1v) is 7.34. The standard InChI is InChI=1S/C15H15Cl2N3O2/c1-2-6-19(8-9-21)15(22)14-5-7-20(18-14)11-3-4-12(16)13(17)10-11/h2-5,7,10,21H,1,6,8-9H2. The lowest BCUT2D eigenvalue weighted by Crippen LogP contribution is -2.34. The molecule has 7 heteroatoms. The van der Waals surface area contributed by atoms with Crippen LogP contribution in [0, 0.1) is 0 Å². The monoisotopic (exact) mass is 339 g/mol. The van der Waals surface area contributed by atoms with E-state index in [0.29, 0.717) is 22.3 Å². The van der Waals surface area contributed by atoms with Gasteiger partial charge in [0.1, 0.15) is 0 Å². The third kappa shape index (κ3) is 3.68. The van der Waals surface area contributed by atoms with E-state index in [1.54, 1.807) is 41.2 Å². The molecule has 0 aliphatic heterocycles. The number of nitrogens with zero attached hydrogens (tertiary/aromatic N) is 3. The van der Waals surface area contributed by atoms with Gasteiger partial charge in [-0.2, -0.15) is 5.10 Å². The average molecular weight is 340 g/mol. The topological polar surface area (TPSA) is 58.4 Å². The van der Waals surface area contributed by atoms with Crippen LogP contribution in [0.4, 0.5) is 0 Å². The molecular weight excluding hydrogens is 325 g/mol. The predicted octanol–water partition coefficient (Wildman–Crippen LogP) is 2.80. The fourth-order valence-electron chi connectivity index (χ4n) is 1.92. The van der Waals surface area contributed by atoms with Crippen molar-refractivity contribution in [1.29, 1.82) is 0 Å². The van der Waals surface area contributed by atoms with Gasteiger partial charge >= 0.3 is 0 Å². The van der Waals surface area contributed by atoms with Gasteiger partial charge in [0.25, 0.3) is 5.91 Å². The van der Waals surface area contributed by atoms with Gasteiger partial charge in [0.05, 0.1) is 22.3 Å². The summed E-state index contributed by atoms with van der Waals surface area (Å²) in [6.45, 7) is 4.06. The van der Waals surface area contributed by atoms with E-state index >= 15 is 0 Å². The van der Waals surface area contributed by atoms with Gasteiger partial charge in [-0.15, -0.1) is 6.58 Å². The molecule has 0 spiro atoms. The number of rotatable bonds is 6. The van der Waals surface area contributed by atoms with Crippen LogP contribution in [-0.2, 0) is 0 Å². The summed E-state index contributed by atoms with van der Waals surface area (Å²) in [6, 6.07) is 6.70. The maximum atomic E-state index is 12.3. The Morgan fingerprint density at radius 3 is 2.77 bits per heavy atom. The molecule has 1 aromatic heterocycles. The first kappa shape index (κ1) is 16.5. The zero-order valence-electron chi connectivity index (χ0n) is 11.7. The highest BCUT2D eigenvalue weighted by Gasteiger charge is 2.17. The Balaban J connectivity index is 2.24. The number of hydrogen-bond donors (Lipinski definition) is 1. The van der Waals surface area contributed by atoms with E-state index in [1.807, 2.05) is 0 Å². The Labute approximate surface area is 138 Å². The molecule has 2 rings (SSSR count). The van der Waals surface area contributed by atoms with Gasteiger partial charge in [0.15, 0.2) is 5.69 Å². The molecule has 2 aromatic rings. The van der Waals surface area contributed by atoms with Gasteiger partial charge in [0, 0.05) is 19.3 Å². The molecule has 22 heavy (non-hydrogen) atoms. The number of carbonyl (C=O) groups is 1. The largest absolute Gasteiger partial charge is 0.395 e. The van der Waals surface area contributed by atoms with Crippen molar-refractivity contribution in [3.8, 4) is 5.69 Å². The number of hydrogen-bond acceptors (Lipinski definition) is 3. The predicted molar refractivity (Wildman–Crippen MR) is 86.8 cm³/mol. The first-order valence-electron chi connectivity index (χ1n) is 6.59. The molecule has 1 aromatic carbocycles. The molecule has 0 aliphatic carbocycles. The van der Waals surface area contributed by atoms with E-state index < -0.39 is 0 Å². The average Bonchev–Trinajstić information content (AvgIpc) is 2.99. The Bertz CT molecular complexity index is 685. The molecule has 0 radical (unpaired) electrons. The summed E-state index contributed by atoms with van der Waals surface area (Å²) >= 11 is 11.9.